The molecule has 0 unspecified atom stereocenters. The lowest BCUT2D eigenvalue weighted by Crippen LogP contribution is -1.99. The van der Waals surface area contributed by atoms with Gasteiger partial charge < -0.3 is 29.7 Å². The largest absolute Gasteiger partial charge is 0.497 e. The van der Waals surface area contributed by atoms with E-state index in [-0.39, 0.29) is 6.41 Å². The van der Waals surface area contributed by atoms with Crippen molar-refractivity contribution >= 4 is 39.6 Å². The predicted octanol–water partition coefficient (Wildman–Crippen LogP) is 7.58. The number of hydrogen-bond acceptors (Lipinski definition) is 6. The molecule has 4 aromatic carbocycles. The molecule has 0 saturated heterocycles. The van der Waals surface area contributed by atoms with Crippen molar-refractivity contribution in [2.45, 2.75) is 26.9 Å². The van der Waals surface area contributed by atoms with Gasteiger partial charge in [0.1, 0.15) is 23.6 Å². The Bertz CT molecular complexity index is 2000. The zero-order valence-corrected chi connectivity index (χ0v) is 26.2. The summed E-state index contributed by atoms with van der Waals surface area (Å²) in [4.78, 5) is 8.58. The minimum atomic E-state index is 0.250. The molecule has 0 aliphatic rings. The Kier molecular flexibility index (Phi) is 9.25. The molecule has 9 nitrogen and oxygen atoms in total. The smallest absolute Gasteiger partial charge is 0.204 e. The molecule has 6 rings (SSSR count). The van der Waals surface area contributed by atoms with Crippen LogP contribution in [0.1, 0.15) is 25.0 Å². The normalized spacial score (nSPS) is 10.5. The Morgan fingerprint density at radius 2 is 1.13 bits per heavy atom. The average molecular weight is 611 g/mol. The molecule has 6 aromatic rings. The minimum absolute atomic E-state index is 0.250. The number of aromatic nitrogens is 2. The molecule has 230 valence electrons. The van der Waals surface area contributed by atoms with E-state index in [1.807, 2.05) is 72.8 Å². The number of methoxy groups -OCH3 is 2. The first-order valence-corrected chi connectivity index (χ1v) is 14.8. The number of aryl methyl sites for hydroxylation is 2. The third-order valence-corrected chi connectivity index (χ3v) is 7.96. The molecule has 0 saturated carbocycles. The second-order valence-electron chi connectivity index (χ2n) is 10.3. The summed E-state index contributed by atoms with van der Waals surface area (Å²) < 4.78 is 15.3. The van der Waals surface area contributed by atoms with Gasteiger partial charge in [-0.25, -0.2) is 0 Å². The molecule has 1 amide bonds. The van der Waals surface area contributed by atoms with Crippen molar-refractivity contribution in [3.8, 4) is 46.2 Å². The van der Waals surface area contributed by atoms with Crippen LogP contribution in [0.15, 0.2) is 84.9 Å². The lowest BCUT2D eigenvalue weighted by atomic mass is 10.0. The number of amides is 1. The van der Waals surface area contributed by atoms with E-state index in [0.29, 0.717) is 24.2 Å². The maximum Gasteiger partial charge on any atom is 0.204 e. The predicted molar refractivity (Wildman–Crippen MR) is 182 cm³/mol. The maximum atomic E-state index is 10.2. The van der Waals surface area contributed by atoms with Crippen LogP contribution in [0, 0.1) is 22.7 Å². The van der Waals surface area contributed by atoms with Crippen LogP contribution in [0.3, 0.4) is 0 Å². The molecule has 0 radical (unpaired) electrons. The van der Waals surface area contributed by atoms with Gasteiger partial charge >= 0.3 is 0 Å². The first-order valence-electron chi connectivity index (χ1n) is 14.8. The summed E-state index contributed by atoms with van der Waals surface area (Å²) in [5.74, 6) is 1.51. The van der Waals surface area contributed by atoms with Crippen LogP contribution in [0.4, 0.5) is 11.4 Å². The molecule has 0 aliphatic carbocycles. The molecule has 0 aliphatic heterocycles. The number of anilines is 2. The Balaban J connectivity index is 0.00000134. The Morgan fingerprint density at radius 3 is 1.48 bits per heavy atom. The highest BCUT2D eigenvalue weighted by molar-refractivity contribution is 5.97. The van der Waals surface area contributed by atoms with Gasteiger partial charge in [0.05, 0.1) is 47.8 Å². The Morgan fingerprint density at radius 1 is 0.717 bits per heavy atom. The van der Waals surface area contributed by atoms with Crippen LogP contribution in [0.2, 0.25) is 0 Å². The number of primary amides is 1. The summed E-state index contributed by atoms with van der Waals surface area (Å²) in [5, 5.41) is 25.7. The van der Waals surface area contributed by atoms with Crippen LogP contribution in [-0.4, -0.2) is 29.8 Å². The number of rotatable bonds is 8. The molecule has 0 spiro atoms. The number of nitrogens with two attached hydrogens (primary N) is 1. The van der Waals surface area contributed by atoms with Crippen molar-refractivity contribution < 1.29 is 14.3 Å². The van der Waals surface area contributed by atoms with E-state index in [0.717, 1.165) is 67.2 Å². The third-order valence-electron chi connectivity index (χ3n) is 7.96. The van der Waals surface area contributed by atoms with Crippen molar-refractivity contribution in [2.75, 3.05) is 19.5 Å². The highest BCUT2D eigenvalue weighted by Crippen LogP contribution is 2.38. The van der Waals surface area contributed by atoms with Gasteiger partial charge in [-0.05, 0) is 62.4 Å². The lowest BCUT2D eigenvalue weighted by molar-refractivity contribution is -0.106. The van der Waals surface area contributed by atoms with E-state index in [1.54, 1.807) is 14.2 Å². The lowest BCUT2D eigenvalue weighted by Gasteiger charge is -2.13. The fourth-order valence-corrected chi connectivity index (χ4v) is 6.05. The fraction of sp³-hybridized carbons (Fsp3) is 0.162. The summed E-state index contributed by atoms with van der Waals surface area (Å²) in [7, 11) is 3.30. The van der Waals surface area contributed by atoms with Crippen molar-refractivity contribution in [1.29, 1.82) is 10.5 Å². The summed E-state index contributed by atoms with van der Waals surface area (Å²) >= 11 is 0. The van der Waals surface area contributed by atoms with Crippen LogP contribution in [-0.2, 0) is 17.9 Å². The summed E-state index contributed by atoms with van der Waals surface area (Å²) in [6.07, 6.45) is 0.250. The first kappa shape index (κ1) is 31.2. The standard InChI is InChI=1S/C36H31N5O2.CH3NO/c1-5-40-33-19-27(42-3)13-15-29(33)31(21-37)35(40)23-9-7-11-25(17-23)39-26-12-8-10-24(18-26)36-32(22-38)30-16-14-28(43-4)20-34(30)41(36)6-2;2-1-3/h7-20,39H,5-6H2,1-4H3;1H,(H2,2,3). The number of carbonyl (C=O) groups excluding carboxylic acids is 1. The van der Waals surface area contributed by atoms with Gasteiger partial charge in [0.2, 0.25) is 6.41 Å². The SMILES string of the molecule is CCn1c(-c2cccc(Nc3cccc(-c4c(C#N)c5ccc(OC)cc5n4CC)c3)c2)c(C#N)c2ccc(OC)cc21.NC=O. The number of carbonyl (C=O) groups is 1. The zero-order chi connectivity index (χ0) is 32.8. The number of nitriles is 2. The number of benzene rings is 4. The van der Waals surface area contributed by atoms with Crippen LogP contribution in [0.5, 0.6) is 11.5 Å². The van der Waals surface area contributed by atoms with E-state index in [2.05, 4.69) is 58.3 Å². The van der Waals surface area contributed by atoms with E-state index in [4.69, 9.17) is 14.3 Å². The monoisotopic (exact) mass is 610 g/mol. The summed E-state index contributed by atoms with van der Waals surface area (Å²) in [6.45, 7) is 5.58. The first-order chi connectivity index (χ1) is 22.5. The molecule has 0 fully saturated rings. The number of ether oxygens (including phenoxy) is 2. The van der Waals surface area contributed by atoms with Gasteiger partial charge in [-0.1, -0.05) is 24.3 Å². The molecule has 0 bridgehead atoms. The van der Waals surface area contributed by atoms with E-state index in [1.165, 1.54) is 0 Å². The number of hydrogen-bond donors (Lipinski definition) is 2. The van der Waals surface area contributed by atoms with Crippen molar-refractivity contribution in [3.63, 3.8) is 0 Å². The van der Waals surface area contributed by atoms with Crippen molar-refractivity contribution in [2.24, 2.45) is 5.73 Å². The van der Waals surface area contributed by atoms with Gasteiger partial charge in [0.15, 0.2) is 0 Å². The van der Waals surface area contributed by atoms with Gasteiger partial charge in [0, 0.05) is 58.5 Å². The van der Waals surface area contributed by atoms with Crippen LogP contribution in [0.25, 0.3) is 44.3 Å². The second kappa shape index (κ2) is 13.6. The Labute approximate surface area is 267 Å². The molecular formula is C37H34N6O3. The van der Waals surface area contributed by atoms with E-state index >= 15 is 0 Å². The molecular weight excluding hydrogens is 576 g/mol. The van der Waals surface area contributed by atoms with Crippen molar-refractivity contribution in [3.05, 3.63) is 96.1 Å². The van der Waals surface area contributed by atoms with Crippen LogP contribution >= 0.6 is 0 Å². The molecule has 2 heterocycles. The van der Waals surface area contributed by atoms with E-state index < -0.39 is 0 Å². The van der Waals surface area contributed by atoms with Crippen LogP contribution < -0.4 is 20.5 Å². The molecule has 0 atom stereocenters. The highest BCUT2D eigenvalue weighted by Gasteiger charge is 2.20. The minimum Gasteiger partial charge on any atom is -0.497 e. The topological polar surface area (TPSA) is 131 Å². The van der Waals surface area contributed by atoms with Gasteiger partial charge in [0.25, 0.3) is 0 Å². The number of nitrogens with one attached hydrogen (secondary N) is 1. The number of fused-ring (bicyclic) bond motifs is 2. The third kappa shape index (κ3) is 5.58. The Hall–Kier alpha value is -6.19. The van der Waals surface area contributed by atoms with Crippen molar-refractivity contribution in [1.82, 2.24) is 9.13 Å². The molecule has 3 N–H and O–H groups in total. The van der Waals surface area contributed by atoms with Gasteiger partial charge in [-0.2, -0.15) is 10.5 Å². The van der Waals surface area contributed by atoms with E-state index in [9.17, 15) is 10.5 Å². The second-order valence-corrected chi connectivity index (χ2v) is 10.3. The quantitative estimate of drug-likeness (QED) is 0.171. The molecule has 9 heteroatoms. The zero-order valence-electron chi connectivity index (χ0n) is 26.2. The van der Waals surface area contributed by atoms with Gasteiger partial charge in [-0.3, -0.25) is 4.79 Å². The number of nitrogens with zero attached hydrogens (tertiary/aromatic N) is 4. The summed E-state index contributed by atoms with van der Waals surface area (Å²) in [6, 6.07) is 32.8. The van der Waals surface area contributed by atoms with Gasteiger partial charge in [-0.15, -0.1) is 0 Å². The molecule has 46 heavy (non-hydrogen) atoms. The maximum absolute atomic E-state index is 10.2. The highest BCUT2D eigenvalue weighted by atomic mass is 16.5. The average Bonchev–Trinajstić information content (AvgIpc) is 3.59. The molecule has 2 aromatic heterocycles. The fourth-order valence-electron chi connectivity index (χ4n) is 6.05. The summed E-state index contributed by atoms with van der Waals surface area (Å²) in [5.41, 5.74) is 12.8.